The number of carboxylic acid groups (broad SMARTS) is 1. The van der Waals surface area contributed by atoms with Gasteiger partial charge in [-0.15, -0.1) is 0 Å². The monoisotopic (exact) mass is 220 g/mol. The van der Waals surface area contributed by atoms with E-state index in [-0.39, 0.29) is 5.91 Å². The minimum Gasteiger partial charge on any atom is -0.481 e. The highest BCUT2D eigenvalue weighted by Crippen LogP contribution is 2.39. The van der Waals surface area contributed by atoms with Crippen LogP contribution in [0.4, 0.5) is 5.69 Å². The lowest BCUT2D eigenvalue weighted by atomic mass is 9.89. The number of benzene rings is 1. The highest BCUT2D eigenvalue weighted by Gasteiger charge is 2.47. The molecule has 1 aromatic rings. The van der Waals surface area contributed by atoms with E-state index < -0.39 is 17.9 Å². The number of anilines is 1. The van der Waals surface area contributed by atoms with E-state index in [0.717, 1.165) is 0 Å². The molecule has 3 N–H and O–H groups in total. The van der Waals surface area contributed by atoms with E-state index in [1.54, 1.807) is 31.3 Å². The molecule has 0 radical (unpaired) electrons. The van der Waals surface area contributed by atoms with Crippen molar-refractivity contribution in [3.05, 3.63) is 29.8 Å². The number of nitrogens with zero attached hydrogens (tertiary/aromatic N) is 1. The van der Waals surface area contributed by atoms with Gasteiger partial charge in [-0.2, -0.15) is 0 Å². The molecule has 1 aromatic carbocycles. The Morgan fingerprint density at radius 1 is 1.50 bits per heavy atom. The first-order valence-corrected chi connectivity index (χ1v) is 4.85. The molecule has 5 heteroatoms. The fourth-order valence-corrected chi connectivity index (χ4v) is 2.08. The Kier molecular flexibility index (Phi) is 2.20. The summed E-state index contributed by atoms with van der Waals surface area (Å²) in [6.07, 6.45) is -0.396. The summed E-state index contributed by atoms with van der Waals surface area (Å²) in [6.45, 7) is 0. The molecule has 0 saturated heterocycles. The van der Waals surface area contributed by atoms with E-state index in [2.05, 4.69) is 0 Å². The van der Waals surface area contributed by atoms with Gasteiger partial charge in [0.1, 0.15) is 5.54 Å². The van der Waals surface area contributed by atoms with Gasteiger partial charge in [-0.1, -0.05) is 18.2 Å². The minimum atomic E-state index is -1.43. The van der Waals surface area contributed by atoms with E-state index in [1.165, 1.54) is 4.90 Å². The normalized spacial score (nSPS) is 23.4. The molecule has 1 heterocycles. The van der Waals surface area contributed by atoms with Crippen molar-refractivity contribution < 1.29 is 14.7 Å². The molecule has 1 aliphatic heterocycles. The zero-order chi connectivity index (χ0) is 11.9. The maximum Gasteiger partial charge on any atom is 0.306 e. The molecule has 0 spiro atoms. The molecule has 2 rings (SSSR count). The number of para-hydroxylation sites is 1. The van der Waals surface area contributed by atoms with Crippen molar-refractivity contribution in [1.82, 2.24) is 0 Å². The van der Waals surface area contributed by atoms with E-state index in [0.29, 0.717) is 11.3 Å². The summed E-state index contributed by atoms with van der Waals surface area (Å²) in [7, 11) is 1.59. The van der Waals surface area contributed by atoms with Gasteiger partial charge in [0.25, 0.3) is 5.91 Å². The zero-order valence-corrected chi connectivity index (χ0v) is 8.80. The number of rotatable bonds is 2. The smallest absolute Gasteiger partial charge is 0.306 e. The van der Waals surface area contributed by atoms with Crippen LogP contribution in [0.15, 0.2) is 24.3 Å². The van der Waals surface area contributed by atoms with Gasteiger partial charge in [-0.25, -0.2) is 0 Å². The highest BCUT2D eigenvalue weighted by molar-refractivity contribution is 6.08. The van der Waals surface area contributed by atoms with Crippen LogP contribution in [-0.4, -0.2) is 24.0 Å². The summed E-state index contributed by atoms with van der Waals surface area (Å²) in [5.74, 6) is -1.46. The Morgan fingerprint density at radius 2 is 2.12 bits per heavy atom. The molecular weight excluding hydrogens is 208 g/mol. The molecular formula is C11H12N2O3. The summed E-state index contributed by atoms with van der Waals surface area (Å²) in [4.78, 5) is 24.1. The van der Waals surface area contributed by atoms with Crippen LogP contribution in [0.1, 0.15) is 12.0 Å². The molecule has 0 bridgehead atoms. The van der Waals surface area contributed by atoms with Gasteiger partial charge < -0.3 is 15.7 Å². The first-order chi connectivity index (χ1) is 7.47. The van der Waals surface area contributed by atoms with Crippen LogP contribution in [0.25, 0.3) is 0 Å². The Labute approximate surface area is 92.5 Å². The number of nitrogens with two attached hydrogens (primary N) is 1. The van der Waals surface area contributed by atoms with Crippen molar-refractivity contribution in [3.63, 3.8) is 0 Å². The molecule has 0 aromatic heterocycles. The quantitative estimate of drug-likeness (QED) is 0.750. The third-order valence-electron chi connectivity index (χ3n) is 2.86. The maximum atomic E-state index is 12.0. The van der Waals surface area contributed by atoms with Crippen LogP contribution in [-0.2, 0) is 15.1 Å². The molecule has 1 amide bonds. The third-order valence-corrected chi connectivity index (χ3v) is 2.86. The number of carbonyl (C=O) groups is 2. The standard InChI is InChI=1S/C11H12N2O3/c1-13-8-5-3-2-4-7(8)11(12,10(13)16)6-9(14)15/h2-5H,6,12H2,1H3,(H,14,15)/t11-/m1/s1. The maximum absolute atomic E-state index is 12.0. The predicted molar refractivity (Wildman–Crippen MR) is 58.0 cm³/mol. The highest BCUT2D eigenvalue weighted by atomic mass is 16.4. The fourth-order valence-electron chi connectivity index (χ4n) is 2.08. The minimum absolute atomic E-state index is 0.379. The second-order valence-electron chi connectivity index (χ2n) is 3.92. The number of amides is 1. The number of carbonyl (C=O) groups excluding carboxylic acids is 1. The van der Waals surface area contributed by atoms with Gasteiger partial charge in [0.05, 0.1) is 6.42 Å². The number of fused-ring (bicyclic) bond motifs is 1. The van der Waals surface area contributed by atoms with E-state index in [9.17, 15) is 9.59 Å². The van der Waals surface area contributed by atoms with Crippen LogP contribution in [0, 0.1) is 0 Å². The molecule has 0 aliphatic carbocycles. The lowest BCUT2D eigenvalue weighted by Crippen LogP contribution is -2.47. The first-order valence-electron chi connectivity index (χ1n) is 4.85. The van der Waals surface area contributed by atoms with Crippen molar-refractivity contribution in [2.24, 2.45) is 5.73 Å². The van der Waals surface area contributed by atoms with Gasteiger partial charge in [0.2, 0.25) is 0 Å². The number of carboxylic acids is 1. The molecule has 0 fully saturated rings. The van der Waals surface area contributed by atoms with Crippen molar-refractivity contribution in [2.75, 3.05) is 11.9 Å². The number of hydrogen-bond acceptors (Lipinski definition) is 3. The molecule has 1 atom stereocenters. The average molecular weight is 220 g/mol. The number of likely N-dealkylation sites (N-methyl/N-ethyl adjacent to an activating group) is 1. The lowest BCUT2D eigenvalue weighted by molar-refractivity contribution is -0.141. The van der Waals surface area contributed by atoms with Gasteiger partial charge in [-0.3, -0.25) is 9.59 Å². The average Bonchev–Trinajstić information content (AvgIpc) is 2.42. The number of hydrogen-bond donors (Lipinski definition) is 2. The molecule has 84 valence electrons. The summed E-state index contributed by atoms with van der Waals surface area (Å²) in [6, 6.07) is 6.98. The van der Waals surface area contributed by atoms with Crippen LogP contribution in [0.2, 0.25) is 0 Å². The summed E-state index contributed by atoms with van der Waals surface area (Å²) >= 11 is 0. The largest absolute Gasteiger partial charge is 0.481 e. The van der Waals surface area contributed by atoms with Crippen LogP contribution in [0.5, 0.6) is 0 Å². The Morgan fingerprint density at radius 3 is 2.75 bits per heavy atom. The van der Waals surface area contributed by atoms with E-state index in [1.807, 2.05) is 0 Å². The second-order valence-corrected chi connectivity index (χ2v) is 3.92. The first kappa shape index (κ1) is 10.6. The molecule has 0 saturated carbocycles. The summed E-state index contributed by atoms with van der Waals surface area (Å²) < 4.78 is 0. The summed E-state index contributed by atoms with van der Waals surface area (Å²) in [5, 5.41) is 8.82. The van der Waals surface area contributed by atoms with Crippen LogP contribution >= 0.6 is 0 Å². The Balaban J connectivity index is 2.56. The van der Waals surface area contributed by atoms with Gasteiger partial charge in [0, 0.05) is 18.3 Å². The Bertz CT molecular complexity index is 472. The zero-order valence-electron chi connectivity index (χ0n) is 8.80. The number of aliphatic carboxylic acids is 1. The fraction of sp³-hybridized carbons (Fsp3) is 0.273. The lowest BCUT2D eigenvalue weighted by Gasteiger charge is -2.20. The molecule has 1 aliphatic rings. The van der Waals surface area contributed by atoms with Crippen molar-refractivity contribution >= 4 is 17.6 Å². The van der Waals surface area contributed by atoms with Crippen LogP contribution in [0.3, 0.4) is 0 Å². The van der Waals surface area contributed by atoms with Crippen molar-refractivity contribution in [3.8, 4) is 0 Å². The second kappa shape index (κ2) is 3.31. The van der Waals surface area contributed by atoms with E-state index >= 15 is 0 Å². The van der Waals surface area contributed by atoms with E-state index in [4.69, 9.17) is 10.8 Å². The third kappa shape index (κ3) is 1.29. The van der Waals surface area contributed by atoms with Gasteiger partial charge >= 0.3 is 5.97 Å². The molecule has 16 heavy (non-hydrogen) atoms. The van der Waals surface area contributed by atoms with Crippen molar-refractivity contribution in [2.45, 2.75) is 12.0 Å². The van der Waals surface area contributed by atoms with Gasteiger partial charge in [0.15, 0.2) is 0 Å². The van der Waals surface area contributed by atoms with Crippen molar-refractivity contribution in [1.29, 1.82) is 0 Å². The van der Waals surface area contributed by atoms with Gasteiger partial charge in [-0.05, 0) is 6.07 Å². The predicted octanol–water partition coefficient (Wildman–Crippen LogP) is 0.292. The topological polar surface area (TPSA) is 83.6 Å². The summed E-state index contributed by atoms with van der Waals surface area (Å²) in [5.41, 5.74) is 5.75. The van der Waals surface area contributed by atoms with Crippen LogP contribution < -0.4 is 10.6 Å². The Hall–Kier alpha value is -1.88. The molecule has 0 unspecified atom stereocenters. The molecule has 5 nitrogen and oxygen atoms in total. The SMILES string of the molecule is CN1C(=O)[C@@](N)(CC(=O)O)c2ccccc21.